The number of aliphatic imine (C=N–C) groups is 1. The van der Waals surface area contributed by atoms with E-state index in [9.17, 15) is 0 Å². The average Bonchev–Trinajstić information content (AvgIpc) is 3.42. The molecule has 3 heteroatoms. The molecular formula is C36H59N3. The van der Waals surface area contributed by atoms with Crippen LogP contribution in [0.25, 0.3) is 0 Å². The van der Waals surface area contributed by atoms with E-state index in [1.54, 1.807) is 5.56 Å². The van der Waals surface area contributed by atoms with Crippen LogP contribution in [0.5, 0.6) is 0 Å². The predicted molar refractivity (Wildman–Crippen MR) is 178 cm³/mol. The molecule has 0 aromatic heterocycles. The third-order valence-corrected chi connectivity index (χ3v) is 7.60. The van der Waals surface area contributed by atoms with Crippen molar-refractivity contribution in [1.29, 1.82) is 0 Å². The number of benzene rings is 2. The fourth-order valence-corrected chi connectivity index (χ4v) is 6.24. The van der Waals surface area contributed by atoms with E-state index < -0.39 is 0 Å². The number of amidine groups is 1. The maximum Gasteiger partial charge on any atom is 0.133 e. The van der Waals surface area contributed by atoms with Crippen LogP contribution in [0, 0.1) is 5.41 Å². The Morgan fingerprint density at radius 2 is 1.54 bits per heavy atom. The normalized spacial score (nSPS) is 20.7. The van der Waals surface area contributed by atoms with Gasteiger partial charge in [0.15, 0.2) is 0 Å². The fourth-order valence-electron chi connectivity index (χ4n) is 6.24. The van der Waals surface area contributed by atoms with E-state index in [1.165, 1.54) is 48.2 Å². The second-order valence-electron chi connectivity index (χ2n) is 11.8. The van der Waals surface area contributed by atoms with Crippen molar-refractivity contribution in [2.75, 3.05) is 10.2 Å². The summed E-state index contributed by atoms with van der Waals surface area (Å²) in [4.78, 5) is 7.63. The van der Waals surface area contributed by atoms with Crippen LogP contribution < -0.4 is 10.2 Å². The monoisotopic (exact) mass is 533 g/mol. The average molecular weight is 534 g/mol. The topological polar surface area (TPSA) is 27.6 Å². The Morgan fingerprint density at radius 3 is 2.10 bits per heavy atom. The number of unbranched alkanes of at least 4 members (excludes halogenated alkanes) is 1. The highest BCUT2D eigenvalue weighted by Crippen LogP contribution is 2.57. The van der Waals surface area contributed by atoms with Crippen molar-refractivity contribution in [3.63, 3.8) is 0 Å². The van der Waals surface area contributed by atoms with Crippen LogP contribution in [0.15, 0.2) is 54.5 Å². The highest BCUT2D eigenvalue weighted by atomic mass is 15.4. The fraction of sp³-hybridized carbons (Fsp3) is 0.583. The van der Waals surface area contributed by atoms with Gasteiger partial charge in [-0.1, -0.05) is 121 Å². The molecule has 0 fully saturated rings. The smallest absolute Gasteiger partial charge is 0.133 e. The Balaban J connectivity index is 0.000000874. The summed E-state index contributed by atoms with van der Waals surface area (Å²) in [5, 5.41) is 3.89. The zero-order chi connectivity index (χ0) is 30.2. The highest BCUT2D eigenvalue weighted by molar-refractivity contribution is 6.09. The molecule has 2 atom stereocenters. The molecule has 2 aromatic carbocycles. The number of hydrogen-bond donors (Lipinski definition) is 1. The Morgan fingerprint density at radius 1 is 0.949 bits per heavy atom. The summed E-state index contributed by atoms with van der Waals surface area (Å²) in [7, 11) is 0. The van der Waals surface area contributed by atoms with Crippen LogP contribution >= 0.6 is 0 Å². The Kier molecular flexibility index (Phi) is 12.5. The van der Waals surface area contributed by atoms with Crippen molar-refractivity contribution >= 4 is 22.9 Å². The van der Waals surface area contributed by atoms with Crippen molar-refractivity contribution in [2.24, 2.45) is 10.4 Å². The predicted octanol–water partition coefficient (Wildman–Crippen LogP) is 11.7. The van der Waals surface area contributed by atoms with Gasteiger partial charge in [-0.05, 0) is 53.0 Å². The minimum atomic E-state index is -0.0424. The number of anilines is 2. The van der Waals surface area contributed by atoms with Gasteiger partial charge < -0.3 is 10.2 Å². The Hall–Kier alpha value is -2.55. The molecule has 1 aliphatic carbocycles. The summed E-state index contributed by atoms with van der Waals surface area (Å²) in [6.07, 6.45) is 5.16. The van der Waals surface area contributed by atoms with E-state index in [-0.39, 0.29) is 22.4 Å². The summed E-state index contributed by atoms with van der Waals surface area (Å²) in [5.41, 5.74) is 8.40. The van der Waals surface area contributed by atoms with Crippen LogP contribution in [0.1, 0.15) is 139 Å². The molecule has 0 radical (unpaired) electrons. The lowest BCUT2D eigenvalue weighted by atomic mass is 9.77. The molecule has 218 valence electrons. The van der Waals surface area contributed by atoms with Gasteiger partial charge in [-0.2, -0.15) is 0 Å². The van der Waals surface area contributed by atoms with Gasteiger partial charge in [-0.15, -0.1) is 13.2 Å². The summed E-state index contributed by atoms with van der Waals surface area (Å²) >= 11 is 0. The van der Waals surface area contributed by atoms with Gasteiger partial charge in [0, 0.05) is 11.0 Å². The van der Waals surface area contributed by atoms with Gasteiger partial charge in [0.1, 0.15) is 12.0 Å². The summed E-state index contributed by atoms with van der Waals surface area (Å²) < 4.78 is 0. The number of nitrogens with zero attached hydrogens (tertiary/aromatic N) is 2. The third-order valence-electron chi connectivity index (χ3n) is 7.60. The van der Waals surface area contributed by atoms with Gasteiger partial charge in [0.05, 0.1) is 17.1 Å². The number of hydrogen-bond acceptors (Lipinski definition) is 3. The van der Waals surface area contributed by atoms with E-state index in [4.69, 9.17) is 4.99 Å². The van der Waals surface area contributed by atoms with Gasteiger partial charge in [-0.25, -0.2) is 4.99 Å². The Bertz CT molecular complexity index is 1090. The molecule has 0 saturated carbocycles. The lowest BCUT2D eigenvalue weighted by Crippen LogP contribution is -2.43. The molecule has 0 bridgehead atoms. The molecule has 0 spiro atoms. The summed E-state index contributed by atoms with van der Waals surface area (Å²) in [5.74, 6) is 1.15. The zero-order valence-corrected chi connectivity index (χ0v) is 27.7. The molecule has 1 N–H and O–H groups in total. The largest absolute Gasteiger partial charge is 0.359 e. The van der Waals surface area contributed by atoms with E-state index in [1.807, 2.05) is 41.5 Å². The maximum absolute atomic E-state index is 5.16. The molecule has 0 saturated heterocycles. The summed E-state index contributed by atoms with van der Waals surface area (Å²) in [6.45, 7) is 34.5. The number of rotatable bonds is 3. The molecular weight excluding hydrogens is 474 g/mol. The van der Waals surface area contributed by atoms with Gasteiger partial charge in [-0.3, -0.25) is 0 Å². The molecule has 5 rings (SSSR count). The SMILES string of the molecule is C=C.CC.CC.CC.CCCCC1(C)CC(C)(C)c2cc3c(cc21)NC1c2ccccc2N=C(C(C)(C)C)N31. The molecule has 3 aliphatic rings. The van der Waals surface area contributed by atoms with Crippen molar-refractivity contribution in [3.05, 3.63) is 66.2 Å². The number of para-hydroxylation sites is 1. The van der Waals surface area contributed by atoms with E-state index >= 15 is 0 Å². The van der Waals surface area contributed by atoms with Crippen LogP contribution in [-0.2, 0) is 10.8 Å². The van der Waals surface area contributed by atoms with E-state index in [0.29, 0.717) is 0 Å². The lowest BCUT2D eigenvalue weighted by molar-refractivity contribution is 0.347. The Labute approximate surface area is 242 Å². The molecule has 2 heterocycles. The second kappa shape index (κ2) is 14.2. The van der Waals surface area contributed by atoms with E-state index in [0.717, 1.165) is 11.5 Å². The third kappa shape index (κ3) is 6.61. The van der Waals surface area contributed by atoms with Crippen LogP contribution in [0.2, 0.25) is 0 Å². The first-order valence-corrected chi connectivity index (χ1v) is 15.5. The van der Waals surface area contributed by atoms with Gasteiger partial charge >= 0.3 is 0 Å². The van der Waals surface area contributed by atoms with Gasteiger partial charge in [0.2, 0.25) is 0 Å². The van der Waals surface area contributed by atoms with Crippen molar-refractivity contribution in [2.45, 2.75) is 133 Å². The number of fused-ring (bicyclic) bond motifs is 6. The number of nitrogens with one attached hydrogen (secondary N) is 1. The van der Waals surface area contributed by atoms with Crippen molar-refractivity contribution in [3.8, 4) is 0 Å². The molecule has 2 aromatic rings. The highest BCUT2D eigenvalue weighted by Gasteiger charge is 2.48. The first-order chi connectivity index (χ1) is 18.5. The second-order valence-corrected chi connectivity index (χ2v) is 11.8. The molecule has 2 aliphatic heterocycles. The quantitative estimate of drug-likeness (QED) is 0.397. The molecule has 0 amide bonds. The molecule has 2 unspecified atom stereocenters. The minimum absolute atomic E-state index is 0.0424. The lowest BCUT2D eigenvalue weighted by Gasteiger charge is -2.38. The van der Waals surface area contributed by atoms with E-state index in [2.05, 4.69) is 108 Å². The molecule has 39 heavy (non-hydrogen) atoms. The standard InChI is InChI=1S/C28H37N3.3C2H6.C2H4/c1-8-9-14-28(7)17-27(5,6)19-16-23-22(15-20(19)28)29-24-18-12-10-11-13-21(18)30-25(31(23)24)26(2,3)4;4*1-2/h10-13,15-16,24,29H,8-9,14,17H2,1-7H3;3*1-2H3;1-2H2. The first kappa shape index (κ1) is 34.5. The summed E-state index contributed by atoms with van der Waals surface area (Å²) in [6, 6.07) is 13.6. The first-order valence-electron chi connectivity index (χ1n) is 15.5. The van der Waals surface area contributed by atoms with Crippen LogP contribution in [0.3, 0.4) is 0 Å². The van der Waals surface area contributed by atoms with Crippen molar-refractivity contribution in [1.82, 2.24) is 0 Å². The van der Waals surface area contributed by atoms with Crippen molar-refractivity contribution < 1.29 is 0 Å². The molecule has 3 nitrogen and oxygen atoms in total. The van der Waals surface area contributed by atoms with Crippen LogP contribution in [-0.4, -0.2) is 5.84 Å². The van der Waals surface area contributed by atoms with Gasteiger partial charge in [0.25, 0.3) is 0 Å². The van der Waals surface area contributed by atoms with Crippen LogP contribution in [0.4, 0.5) is 17.1 Å². The zero-order valence-electron chi connectivity index (χ0n) is 27.7. The minimum Gasteiger partial charge on any atom is -0.359 e. The maximum atomic E-state index is 5.16.